The summed E-state index contributed by atoms with van der Waals surface area (Å²) in [6.45, 7) is 4.12. The molecule has 24 heavy (non-hydrogen) atoms. The molecule has 0 bridgehead atoms. The molecule has 0 amide bonds. The van der Waals surface area contributed by atoms with Gasteiger partial charge < -0.3 is 9.84 Å². The third kappa shape index (κ3) is 2.60. The molecule has 3 rings (SSSR count). The van der Waals surface area contributed by atoms with Gasteiger partial charge in [0.25, 0.3) is 0 Å². The second-order valence-corrected chi connectivity index (χ2v) is 6.13. The second kappa shape index (κ2) is 6.52. The molecule has 2 aromatic carbocycles. The zero-order chi connectivity index (χ0) is 17.2. The summed E-state index contributed by atoms with van der Waals surface area (Å²) in [4.78, 5) is 12.2. The van der Waals surface area contributed by atoms with Crippen molar-refractivity contribution in [3.8, 4) is 0 Å². The predicted molar refractivity (Wildman–Crippen MR) is 94.6 cm³/mol. The Morgan fingerprint density at radius 1 is 1.00 bits per heavy atom. The van der Waals surface area contributed by atoms with Crippen LogP contribution in [0.5, 0.6) is 0 Å². The van der Waals surface area contributed by atoms with Gasteiger partial charge in [-0.05, 0) is 18.4 Å². The summed E-state index contributed by atoms with van der Waals surface area (Å²) in [5.74, 6) is -0.687. The Morgan fingerprint density at radius 2 is 1.54 bits per heavy atom. The minimum absolute atomic E-state index is 0.276. The summed E-state index contributed by atoms with van der Waals surface area (Å²) in [7, 11) is 0. The number of carboxylic acids is 1. The Bertz CT molecular complexity index is 743. The third-order valence-electron chi connectivity index (χ3n) is 4.96. The molecule has 0 aromatic heterocycles. The maximum absolute atomic E-state index is 12.2. The first-order valence-corrected chi connectivity index (χ1v) is 8.39. The van der Waals surface area contributed by atoms with E-state index in [2.05, 4.69) is 13.8 Å². The fourth-order valence-corrected chi connectivity index (χ4v) is 3.65. The number of ether oxygens (including phenoxy) is 1. The molecular weight excluding hydrogens is 300 g/mol. The first-order chi connectivity index (χ1) is 11.6. The molecule has 2 aromatic rings. The second-order valence-electron chi connectivity index (χ2n) is 6.13. The van der Waals surface area contributed by atoms with Crippen LogP contribution < -0.4 is 0 Å². The zero-order valence-electron chi connectivity index (χ0n) is 14.0. The van der Waals surface area contributed by atoms with Crippen LogP contribution in [0.3, 0.4) is 0 Å². The summed E-state index contributed by atoms with van der Waals surface area (Å²) < 4.78 is 6.37. The van der Waals surface area contributed by atoms with Gasteiger partial charge in [-0.15, -0.1) is 0 Å². The van der Waals surface area contributed by atoms with Crippen molar-refractivity contribution in [1.29, 1.82) is 0 Å². The molecule has 0 spiro atoms. The predicted octanol–water partition coefficient (Wildman–Crippen LogP) is 4.86. The minimum atomic E-state index is -0.911. The summed E-state index contributed by atoms with van der Waals surface area (Å²) in [6.07, 6.45) is 1.49. The molecule has 1 aliphatic rings. The SMILES string of the molecule is CCC1(CC)OC(c2ccccc2)=C(C(=O)O)C1c1ccccc1. The van der Waals surface area contributed by atoms with Crippen LogP contribution >= 0.6 is 0 Å². The van der Waals surface area contributed by atoms with Crippen molar-refractivity contribution < 1.29 is 14.6 Å². The van der Waals surface area contributed by atoms with E-state index in [1.807, 2.05) is 60.7 Å². The van der Waals surface area contributed by atoms with Crippen LogP contribution in [0.25, 0.3) is 5.76 Å². The Kier molecular flexibility index (Phi) is 4.43. The lowest BCUT2D eigenvalue weighted by Crippen LogP contribution is -2.35. The third-order valence-corrected chi connectivity index (χ3v) is 4.96. The summed E-state index contributed by atoms with van der Waals surface area (Å²) >= 11 is 0. The van der Waals surface area contributed by atoms with Gasteiger partial charge in [0.15, 0.2) is 0 Å². The highest BCUT2D eigenvalue weighted by molar-refractivity contribution is 5.98. The van der Waals surface area contributed by atoms with Crippen LogP contribution in [0.2, 0.25) is 0 Å². The quantitative estimate of drug-likeness (QED) is 0.855. The van der Waals surface area contributed by atoms with Crippen LogP contribution in [-0.4, -0.2) is 16.7 Å². The van der Waals surface area contributed by atoms with Crippen LogP contribution in [0.15, 0.2) is 66.2 Å². The monoisotopic (exact) mass is 322 g/mol. The van der Waals surface area contributed by atoms with E-state index in [1.165, 1.54) is 0 Å². The topological polar surface area (TPSA) is 46.5 Å². The highest BCUT2D eigenvalue weighted by Gasteiger charge is 2.50. The molecule has 3 nitrogen and oxygen atoms in total. The molecular formula is C21H22O3. The average Bonchev–Trinajstić information content (AvgIpc) is 2.99. The van der Waals surface area contributed by atoms with Crippen molar-refractivity contribution >= 4 is 11.7 Å². The van der Waals surface area contributed by atoms with E-state index in [4.69, 9.17) is 4.74 Å². The molecule has 0 aliphatic carbocycles. The Labute approximate surface area is 142 Å². The Morgan fingerprint density at radius 3 is 2.04 bits per heavy atom. The number of hydrogen-bond acceptors (Lipinski definition) is 2. The molecule has 0 saturated heterocycles. The average molecular weight is 322 g/mol. The van der Waals surface area contributed by atoms with E-state index in [9.17, 15) is 9.90 Å². The number of hydrogen-bond donors (Lipinski definition) is 1. The maximum atomic E-state index is 12.2. The van der Waals surface area contributed by atoms with Crippen molar-refractivity contribution in [1.82, 2.24) is 0 Å². The molecule has 3 heteroatoms. The number of rotatable bonds is 5. The molecule has 1 N–H and O–H groups in total. The van der Waals surface area contributed by atoms with Gasteiger partial charge in [0.1, 0.15) is 11.4 Å². The van der Waals surface area contributed by atoms with E-state index in [1.54, 1.807) is 0 Å². The van der Waals surface area contributed by atoms with Gasteiger partial charge in [-0.1, -0.05) is 74.5 Å². The van der Waals surface area contributed by atoms with Crippen molar-refractivity contribution in [2.45, 2.75) is 38.2 Å². The van der Waals surface area contributed by atoms with E-state index >= 15 is 0 Å². The fraction of sp³-hybridized carbons (Fsp3) is 0.286. The molecule has 1 aliphatic heterocycles. The van der Waals surface area contributed by atoms with Gasteiger partial charge in [0, 0.05) is 5.56 Å². The molecule has 124 valence electrons. The van der Waals surface area contributed by atoms with Crippen LogP contribution in [0.4, 0.5) is 0 Å². The standard InChI is InChI=1S/C21H22O3/c1-3-21(4-2)18(15-11-7-5-8-12-15)17(20(22)23)19(24-21)16-13-9-6-10-14-16/h5-14,18H,3-4H2,1-2H3,(H,22,23). The summed E-state index contributed by atoms with van der Waals surface area (Å²) in [6, 6.07) is 19.4. The van der Waals surface area contributed by atoms with E-state index in [0.717, 1.165) is 24.0 Å². The van der Waals surface area contributed by atoms with Crippen molar-refractivity contribution in [2.75, 3.05) is 0 Å². The largest absolute Gasteiger partial charge is 0.485 e. The van der Waals surface area contributed by atoms with Crippen molar-refractivity contribution in [3.05, 3.63) is 77.4 Å². The van der Waals surface area contributed by atoms with Gasteiger partial charge in [-0.2, -0.15) is 0 Å². The summed E-state index contributed by atoms with van der Waals surface area (Å²) in [5.41, 5.74) is 1.64. The van der Waals surface area contributed by atoms with Crippen molar-refractivity contribution in [2.24, 2.45) is 0 Å². The molecule has 1 heterocycles. The van der Waals surface area contributed by atoms with Crippen LogP contribution in [0, 0.1) is 0 Å². The normalized spacial score (nSPS) is 19.2. The van der Waals surface area contributed by atoms with E-state index in [0.29, 0.717) is 11.3 Å². The van der Waals surface area contributed by atoms with E-state index < -0.39 is 11.6 Å². The molecule has 0 fully saturated rings. The minimum Gasteiger partial charge on any atom is -0.485 e. The number of aliphatic carboxylic acids is 1. The van der Waals surface area contributed by atoms with Crippen LogP contribution in [0.1, 0.15) is 43.7 Å². The van der Waals surface area contributed by atoms with Gasteiger partial charge in [0.2, 0.25) is 0 Å². The molecule has 1 unspecified atom stereocenters. The first kappa shape index (κ1) is 16.3. The lowest BCUT2D eigenvalue weighted by molar-refractivity contribution is -0.133. The van der Waals surface area contributed by atoms with Crippen molar-refractivity contribution in [3.63, 3.8) is 0 Å². The first-order valence-electron chi connectivity index (χ1n) is 8.39. The van der Waals surface area contributed by atoms with E-state index in [-0.39, 0.29) is 5.92 Å². The van der Waals surface area contributed by atoms with Gasteiger partial charge in [-0.3, -0.25) is 0 Å². The van der Waals surface area contributed by atoms with Gasteiger partial charge in [0.05, 0.1) is 11.5 Å². The lowest BCUT2D eigenvalue weighted by Gasteiger charge is -2.34. The van der Waals surface area contributed by atoms with Crippen LogP contribution in [-0.2, 0) is 9.53 Å². The highest BCUT2D eigenvalue weighted by Crippen LogP contribution is 2.52. The Balaban J connectivity index is 2.23. The van der Waals surface area contributed by atoms with Gasteiger partial charge in [-0.25, -0.2) is 4.79 Å². The smallest absolute Gasteiger partial charge is 0.336 e. The molecule has 1 atom stereocenters. The zero-order valence-corrected chi connectivity index (χ0v) is 14.0. The highest BCUT2D eigenvalue weighted by atomic mass is 16.5. The Hall–Kier alpha value is -2.55. The lowest BCUT2D eigenvalue weighted by atomic mass is 9.75. The number of benzene rings is 2. The maximum Gasteiger partial charge on any atom is 0.336 e. The fourth-order valence-electron chi connectivity index (χ4n) is 3.65. The molecule has 0 radical (unpaired) electrons. The van der Waals surface area contributed by atoms with Gasteiger partial charge >= 0.3 is 5.97 Å². The summed E-state index contributed by atoms with van der Waals surface area (Å²) in [5, 5.41) is 9.96. The molecule has 0 saturated carbocycles. The number of carbonyl (C=O) groups is 1. The number of carboxylic acid groups (broad SMARTS) is 1.